The quantitative estimate of drug-likeness (QED) is 0.227. The van der Waals surface area contributed by atoms with E-state index in [1.54, 1.807) is 24.3 Å². The molecule has 39 heavy (non-hydrogen) atoms. The molecule has 6 nitrogen and oxygen atoms in total. The lowest BCUT2D eigenvalue weighted by molar-refractivity contribution is -0.139. The van der Waals surface area contributed by atoms with Crippen molar-refractivity contribution in [3.05, 3.63) is 53.4 Å². The van der Waals surface area contributed by atoms with Gasteiger partial charge in [-0.3, -0.25) is 9.88 Å². The fourth-order valence-corrected chi connectivity index (χ4v) is 6.07. The Morgan fingerprint density at radius 3 is 2.49 bits per heavy atom. The standard InChI is InChI=1S/C28H25ClF4N4O2/c29-20-8-2-6-17-5-1-7-18(21(17)20)23-22(30)24-19(15-34-23)25(38-14-11-28(31,32)33)36-26(35-24)39-16-27-9-3-12-37(27)13-4-10-27/h1-2,5-8,15H,3-4,9-14,16H2. The van der Waals surface area contributed by atoms with Crippen molar-refractivity contribution in [1.29, 1.82) is 0 Å². The molecule has 2 fully saturated rings. The molecular formula is C28H25ClF4N4O2. The highest BCUT2D eigenvalue weighted by atomic mass is 35.5. The minimum absolute atomic E-state index is 0.00319. The fraction of sp³-hybridized carbons (Fsp3) is 0.393. The van der Waals surface area contributed by atoms with Crippen molar-refractivity contribution < 1.29 is 27.0 Å². The first kappa shape index (κ1) is 26.0. The Morgan fingerprint density at radius 1 is 1.00 bits per heavy atom. The summed E-state index contributed by atoms with van der Waals surface area (Å²) in [4.78, 5) is 15.3. The van der Waals surface area contributed by atoms with Crippen LogP contribution >= 0.6 is 11.6 Å². The minimum Gasteiger partial charge on any atom is -0.477 e. The summed E-state index contributed by atoms with van der Waals surface area (Å²) in [7, 11) is 0. The van der Waals surface area contributed by atoms with Gasteiger partial charge in [-0.05, 0) is 50.2 Å². The first-order valence-electron chi connectivity index (χ1n) is 12.9. The Hall–Kier alpha value is -3.24. The number of nitrogens with zero attached hydrogens (tertiary/aromatic N) is 4. The lowest BCUT2D eigenvalue weighted by Gasteiger charge is -2.31. The molecule has 0 amide bonds. The summed E-state index contributed by atoms with van der Waals surface area (Å²) in [6, 6.07) is 10.6. The van der Waals surface area contributed by atoms with Gasteiger partial charge in [0.15, 0.2) is 5.82 Å². The molecule has 0 radical (unpaired) electrons. The van der Waals surface area contributed by atoms with E-state index in [4.69, 9.17) is 21.1 Å². The van der Waals surface area contributed by atoms with Crippen LogP contribution in [0.1, 0.15) is 32.1 Å². The van der Waals surface area contributed by atoms with E-state index in [1.807, 2.05) is 12.1 Å². The molecule has 2 aliphatic rings. The zero-order valence-electron chi connectivity index (χ0n) is 20.9. The maximum Gasteiger partial charge on any atom is 0.392 e. The molecule has 4 aromatic rings. The van der Waals surface area contributed by atoms with Gasteiger partial charge in [0, 0.05) is 22.2 Å². The summed E-state index contributed by atoms with van der Waals surface area (Å²) >= 11 is 6.46. The summed E-state index contributed by atoms with van der Waals surface area (Å²) < 4.78 is 66.0. The Kier molecular flexibility index (Phi) is 6.71. The van der Waals surface area contributed by atoms with Gasteiger partial charge in [-0.1, -0.05) is 41.9 Å². The number of pyridine rings is 1. The zero-order valence-corrected chi connectivity index (χ0v) is 21.7. The highest BCUT2D eigenvalue weighted by Gasteiger charge is 2.45. The van der Waals surface area contributed by atoms with Crippen LogP contribution in [0.25, 0.3) is 32.9 Å². The van der Waals surface area contributed by atoms with E-state index in [0.717, 1.165) is 44.2 Å². The normalized spacial score (nSPS) is 17.2. The number of hydrogen-bond acceptors (Lipinski definition) is 6. The number of ether oxygens (including phenoxy) is 2. The van der Waals surface area contributed by atoms with Crippen molar-refractivity contribution in [3.8, 4) is 23.1 Å². The molecule has 2 aromatic heterocycles. The van der Waals surface area contributed by atoms with Gasteiger partial charge in [-0.2, -0.15) is 23.1 Å². The number of alkyl halides is 3. The number of fused-ring (bicyclic) bond motifs is 3. The smallest absolute Gasteiger partial charge is 0.392 e. The number of hydrogen-bond donors (Lipinski definition) is 0. The topological polar surface area (TPSA) is 60.4 Å². The largest absolute Gasteiger partial charge is 0.477 e. The Labute approximate surface area is 226 Å². The molecule has 2 saturated heterocycles. The van der Waals surface area contributed by atoms with E-state index in [2.05, 4.69) is 19.9 Å². The molecular weight excluding hydrogens is 536 g/mol. The molecule has 11 heteroatoms. The Balaban J connectivity index is 1.42. The second-order valence-corrected chi connectivity index (χ2v) is 10.5. The summed E-state index contributed by atoms with van der Waals surface area (Å²) in [5, 5.41) is 1.92. The lowest BCUT2D eigenvalue weighted by Crippen LogP contribution is -2.43. The predicted molar refractivity (Wildman–Crippen MR) is 140 cm³/mol. The second kappa shape index (κ2) is 10.1. The van der Waals surface area contributed by atoms with Crippen LogP contribution in [0.5, 0.6) is 11.9 Å². The summed E-state index contributed by atoms with van der Waals surface area (Å²) in [6.45, 7) is 1.60. The van der Waals surface area contributed by atoms with Crippen molar-refractivity contribution in [1.82, 2.24) is 19.9 Å². The molecule has 2 aliphatic heterocycles. The maximum atomic E-state index is 16.1. The SMILES string of the molecule is Fc1c(-c2cccc3cccc(Cl)c23)ncc2c(OCCC(F)(F)F)nc(OCC34CCCN3CCC4)nc12. The first-order chi connectivity index (χ1) is 18.7. The molecule has 4 heterocycles. The van der Waals surface area contributed by atoms with Crippen molar-refractivity contribution in [2.45, 2.75) is 43.8 Å². The molecule has 0 saturated carbocycles. The van der Waals surface area contributed by atoms with E-state index in [1.165, 1.54) is 6.20 Å². The van der Waals surface area contributed by atoms with Crippen LogP contribution in [0.3, 0.4) is 0 Å². The van der Waals surface area contributed by atoms with Crippen LogP contribution in [-0.4, -0.2) is 57.9 Å². The number of benzene rings is 2. The third kappa shape index (κ3) is 4.96. The first-order valence-corrected chi connectivity index (χ1v) is 13.2. The van der Waals surface area contributed by atoms with Gasteiger partial charge in [0.2, 0.25) is 5.88 Å². The molecule has 0 bridgehead atoms. The van der Waals surface area contributed by atoms with E-state index >= 15 is 4.39 Å². The van der Waals surface area contributed by atoms with Crippen LogP contribution in [0.2, 0.25) is 5.02 Å². The molecule has 0 N–H and O–H groups in total. The average Bonchev–Trinajstić information content (AvgIpc) is 3.48. The molecule has 204 valence electrons. The second-order valence-electron chi connectivity index (χ2n) is 10.1. The van der Waals surface area contributed by atoms with Gasteiger partial charge in [-0.25, -0.2) is 4.39 Å². The van der Waals surface area contributed by atoms with Crippen LogP contribution < -0.4 is 9.47 Å². The Morgan fingerprint density at radius 2 is 1.74 bits per heavy atom. The molecule has 0 unspecified atom stereocenters. The third-order valence-corrected chi connectivity index (χ3v) is 7.96. The summed E-state index contributed by atoms with van der Waals surface area (Å²) in [6.07, 6.45) is -0.227. The number of rotatable bonds is 7. The third-order valence-electron chi connectivity index (χ3n) is 7.64. The lowest BCUT2D eigenvalue weighted by atomic mass is 9.95. The van der Waals surface area contributed by atoms with Gasteiger partial charge in [0.1, 0.15) is 17.8 Å². The van der Waals surface area contributed by atoms with Crippen molar-refractivity contribution in [2.24, 2.45) is 0 Å². The van der Waals surface area contributed by atoms with Crippen LogP contribution in [-0.2, 0) is 0 Å². The van der Waals surface area contributed by atoms with Gasteiger partial charge in [0.05, 0.1) is 24.0 Å². The van der Waals surface area contributed by atoms with E-state index in [-0.39, 0.29) is 34.0 Å². The highest BCUT2D eigenvalue weighted by molar-refractivity contribution is 6.36. The van der Waals surface area contributed by atoms with Crippen molar-refractivity contribution in [3.63, 3.8) is 0 Å². The van der Waals surface area contributed by atoms with E-state index in [0.29, 0.717) is 22.6 Å². The molecule has 2 aromatic carbocycles. The molecule has 0 aliphatic carbocycles. The van der Waals surface area contributed by atoms with Crippen molar-refractivity contribution >= 4 is 33.3 Å². The van der Waals surface area contributed by atoms with E-state index in [9.17, 15) is 13.2 Å². The van der Waals surface area contributed by atoms with Crippen LogP contribution in [0.4, 0.5) is 17.6 Å². The minimum atomic E-state index is -4.42. The fourth-order valence-electron chi connectivity index (χ4n) is 5.79. The van der Waals surface area contributed by atoms with Gasteiger partial charge >= 0.3 is 12.2 Å². The highest BCUT2D eigenvalue weighted by Crippen LogP contribution is 2.40. The van der Waals surface area contributed by atoms with Crippen LogP contribution in [0.15, 0.2) is 42.6 Å². The summed E-state index contributed by atoms with van der Waals surface area (Å²) in [5.41, 5.74) is 0.188. The van der Waals surface area contributed by atoms with Gasteiger partial charge < -0.3 is 9.47 Å². The number of halogens is 5. The molecule has 6 rings (SSSR count). The molecule has 0 atom stereocenters. The predicted octanol–water partition coefficient (Wildman–Crippen LogP) is 6.98. The zero-order chi connectivity index (χ0) is 27.2. The van der Waals surface area contributed by atoms with Crippen LogP contribution in [0, 0.1) is 5.82 Å². The van der Waals surface area contributed by atoms with Gasteiger partial charge in [0.25, 0.3) is 0 Å². The monoisotopic (exact) mass is 560 g/mol. The average molecular weight is 561 g/mol. The summed E-state index contributed by atoms with van der Waals surface area (Å²) in [5.74, 6) is -0.977. The van der Waals surface area contributed by atoms with E-state index < -0.39 is 25.0 Å². The Bertz CT molecular complexity index is 1530. The molecule has 0 spiro atoms. The van der Waals surface area contributed by atoms with Crippen molar-refractivity contribution in [2.75, 3.05) is 26.3 Å². The van der Waals surface area contributed by atoms with Gasteiger partial charge in [-0.15, -0.1) is 0 Å². The number of aromatic nitrogens is 3. The maximum absolute atomic E-state index is 16.1.